The van der Waals surface area contributed by atoms with Gasteiger partial charge in [-0.3, -0.25) is 0 Å². The molecule has 0 saturated carbocycles. The minimum Gasteiger partial charge on any atom is -0.491 e. The van der Waals surface area contributed by atoms with Crippen molar-refractivity contribution in [3.63, 3.8) is 0 Å². The summed E-state index contributed by atoms with van der Waals surface area (Å²) in [6, 6.07) is 7.29. The first-order valence-electron chi connectivity index (χ1n) is 9.41. The van der Waals surface area contributed by atoms with Gasteiger partial charge in [-0.15, -0.1) is 0 Å². The van der Waals surface area contributed by atoms with Crippen molar-refractivity contribution in [1.29, 1.82) is 0 Å². The van der Waals surface area contributed by atoms with E-state index >= 15 is 0 Å². The molecule has 2 N–H and O–H groups in total. The molecule has 1 aromatic rings. The molecule has 8 heteroatoms. The fourth-order valence-corrected chi connectivity index (χ4v) is 2.65. The SMILES string of the molecule is C[Si](C)(C)OCCOCCOCCOCCOCCOc1ccc(N)cc1. The van der Waals surface area contributed by atoms with E-state index in [1.165, 1.54) is 0 Å². The van der Waals surface area contributed by atoms with Crippen LogP contribution in [0.2, 0.25) is 19.6 Å². The van der Waals surface area contributed by atoms with Crippen molar-refractivity contribution in [3.8, 4) is 5.75 Å². The minimum atomic E-state index is -1.43. The summed E-state index contributed by atoms with van der Waals surface area (Å²) < 4.78 is 33.0. The van der Waals surface area contributed by atoms with E-state index in [0.717, 1.165) is 11.4 Å². The highest BCUT2D eigenvalue weighted by molar-refractivity contribution is 6.69. The van der Waals surface area contributed by atoms with Crippen molar-refractivity contribution in [3.05, 3.63) is 24.3 Å². The molecular formula is C19H35NO6Si. The van der Waals surface area contributed by atoms with Crippen LogP contribution in [0.15, 0.2) is 24.3 Å². The first kappa shape index (κ1) is 23.9. The molecule has 27 heavy (non-hydrogen) atoms. The average Bonchev–Trinajstić information content (AvgIpc) is 2.62. The molecule has 0 aliphatic carbocycles. The van der Waals surface area contributed by atoms with Crippen molar-refractivity contribution in [2.75, 3.05) is 71.8 Å². The quantitative estimate of drug-likeness (QED) is 0.244. The molecule has 0 radical (unpaired) electrons. The number of rotatable bonds is 17. The van der Waals surface area contributed by atoms with E-state index in [4.69, 9.17) is 33.8 Å². The van der Waals surface area contributed by atoms with Crippen LogP contribution in [0.25, 0.3) is 0 Å². The van der Waals surface area contributed by atoms with Gasteiger partial charge in [-0.25, -0.2) is 0 Å². The highest BCUT2D eigenvalue weighted by Crippen LogP contribution is 2.12. The van der Waals surface area contributed by atoms with E-state index in [-0.39, 0.29) is 0 Å². The zero-order valence-electron chi connectivity index (χ0n) is 16.9. The van der Waals surface area contributed by atoms with E-state index < -0.39 is 8.32 Å². The smallest absolute Gasteiger partial charge is 0.183 e. The summed E-state index contributed by atoms with van der Waals surface area (Å²) in [7, 11) is -1.43. The molecule has 156 valence electrons. The summed E-state index contributed by atoms with van der Waals surface area (Å²) in [5.74, 6) is 0.786. The number of nitrogens with two attached hydrogens (primary N) is 1. The molecule has 0 unspecified atom stereocenters. The van der Waals surface area contributed by atoms with Crippen LogP contribution in [0, 0.1) is 0 Å². The normalized spacial score (nSPS) is 11.7. The third kappa shape index (κ3) is 15.6. The van der Waals surface area contributed by atoms with Gasteiger partial charge in [0.2, 0.25) is 0 Å². The van der Waals surface area contributed by atoms with Gasteiger partial charge >= 0.3 is 0 Å². The van der Waals surface area contributed by atoms with Gasteiger partial charge < -0.3 is 33.8 Å². The monoisotopic (exact) mass is 401 g/mol. The lowest BCUT2D eigenvalue weighted by molar-refractivity contribution is -0.00720. The third-order valence-electron chi connectivity index (χ3n) is 3.26. The second kappa shape index (κ2) is 14.8. The number of ether oxygens (including phenoxy) is 5. The lowest BCUT2D eigenvalue weighted by Gasteiger charge is -2.16. The third-order valence-corrected chi connectivity index (χ3v) is 4.33. The Labute approximate surface area is 164 Å². The van der Waals surface area contributed by atoms with Gasteiger partial charge in [0.15, 0.2) is 8.32 Å². The Bertz CT molecular complexity index is 466. The number of anilines is 1. The van der Waals surface area contributed by atoms with Crippen LogP contribution in [-0.4, -0.2) is 74.4 Å². The van der Waals surface area contributed by atoms with Crippen LogP contribution in [-0.2, 0) is 23.4 Å². The Morgan fingerprint density at radius 2 is 1.04 bits per heavy atom. The van der Waals surface area contributed by atoms with E-state index in [1.807, 2.05) is 12.1 Å². The maximum absolute atomic E-state index is 5.69. The fourth-order valence-electron chi connectivity index (χ4n) is 1.95. The topological polar surface area (TPSA) is 81.4 Å². The summed E-state index contributed by atoms with van der Waals surface area (Å²) in [4.78, 5) is 0. The highest BCUT2D eigenvalue weighted by atomic mass is 28.4. The summed E-state index contributed by atoms with van der Waals surface area (Å²) >= 11 is 0. The van der Waals surface area contributed by atoms with Crippen molar-refractivity contribution < 1.29 is 28.1 Å². The Hall–Kier alpha value is -1.16. The van der Waals surface area contributed by atoms with Crippen LogP contribution >= 0.6 is 0 Å². The molecule has 0 heterocycles. The molecular weight excluding hydrogens is 366 g/mol. The molecule has 0 spiro atoms. The lowest BCUT2D eigenvalue weighted by atomic mass is 10.3. The first-order chi connectivity index (χ1) is 13.0. The number of hydrogen-bond acceptors (Lipinski definition) is 7. The first-order valence-corrected chi connectivity index (χ1v) is 12.8. The molecule has 0 atom stereocenters. The second-order valence-electron chi connectivity index (χ2n) is 6.83. The van der Waals surface area contributed by atoms with Crippen LogP contribution in [0.3, 0.4) is 0 Å². The number of nitrogen functional groups attached to an aromatic ring is 1. The maximum atomic E-state index is 5.69. The number of benzene rings is 1. The zero-order chi connectivity index (χ0) is 19.8. The molecule has 0 bridgehead atoms. The standard InChI is InChI=1S/C19H35NO6Si/c1-27(2,3)26-17-15-24-13-11-22-9-8-21-10-12-23-14-16-25-19-6-4-18(20)5-7-19/h4-7H,8-17,20H2,1-3H3. The predicted molar refractivity (Wildman–Crippen MR) is 109 cm³/mol. The van der Waals surface area contributed by atoms with Crippen LogP contribution in [0.4, 0.5) is 5.69 Å². The van der Waals surface area contributed by atoms with E-state index in [0.29, 0.717) is 66.1 Å². The van der Waals surface area contributed by atoms with E-state index in [1.54, 1.807) is 12.1 Å². The van der Waals surface area contributed by atoms with Gasteiger partial charge in [0, 0.05) is 5.69 Å². The van der Waals surface area contributed by atoms with E-state index in [9.17, 15) is 0 Å². The van der Waals surface area contributed by atoms with Crippen molar-refractivity contribution >= 4 is 14.0 Å². The van der Waals surface area contributed by atoms with Gasteiger partial charge in [-0.2, -0.15) is 0 Å². The summed E-state index contributed by atoms with van der Waals surface area (Å²) in [6.07, 6.45) is 0. The van der Waals surface area contributed by atoms with Crippen LogP contribution in [0.1, 0.15) is 0 Å². The molecule has 0 fully saturated rings. The molecule has 1 aromatic carbocycles. The molecule has 1 rings (SSSR count). The maximum Gasteiger partial charge on any atom is 0.183 e. The lowest BCUT2D eigenvalue weighted by Crippen LogP contribution is -2.27. The Kier molecular flexibility index (Phi) is 13.1. The van der Waals surface area contributed by atoms with Crippen molar-refractivity contribution in [2.24, 2.45) is 0 Å². The molecule has 0 saturated heterocycles. The van der Waals surface area contributed by atoms with E-state index in [2.05, 4.69) is 19.6 Å². The van der Waals surface area contributed by atoms with Crippen LogP contribution in [0.5, 0.6) is 5.75 Å². The van der Waals surface area contributed by atoms with Gasteiger partial charge in [0.25, 0.3) is 0 Å². The average molecular weight is 402 g/mol. The van der Waals surface area contributed by atoms with Gasteiger partial charge in [-0.05, 0) is 43.9 Å². The molecule has 0 aliphatic heterocycles. The molecule has 0 aromatic heterocycles. The zero-order valence-corrected chi connectivity index (χ0v) is 17.9. The second-order valence-corrected chi connectivity index (χ2v) is 11.3. The summed E-state index contributed by atoms with van der Waals surface area (Å²) in [5.41, 5.74) is 6.33. The summed E-state index contributed by atoms with van der Waals surface area (Å²) in [5, 5.41) is 0. The van der Waals surface area contributed by atoms with Crippen molar-refractivity contribution in [1.82, 2.24) is 0 Å². The Balaban J connectivity index is 1.75. The Morgan fingerprint density at radius 3 is 1.48 bits per heavy atom. The van der Waals surface area contributed by atoms with Gasteiger partial charge in [-0.1, -0.05) is 0 Å². The molecule has 0 aliphatic rings. The molecule has 7 nitrogen and oxygen atoms in total. The minimum absolute atomic E-state index is 0.496. The van der Waals surface area contributed by atoms with Crippen LogP contribution < -0.4 is 10.5 Å². The van der Waals surface area contributed by atoms with Gasteiger partial charge in [0.1, 0.15) is 12.4 Å². The predicted octanol–water partition coefficient (Wildman–Crippen LogP) is 2.57. The number of hydrogen-bond donors (Lipinski definition) is 1. The van der Waals surface area contributed by atoms with Gasteiger partial charge in [0.05, 0.1) is 59.5 Å². The molecule has 0 amide bonds. The summed E-state index contributed by atoms with van der Waals surface area (Å²) in [6.45, 7) is 12.1. The fraction of sp³-hybridized carbons (Fsp3) is 0.684. The largest absolute Gasteiger partial charge is 0.491 e. The Morgan fingerprint density at radius 1 is 0.630 bits per heavy atom. The highest BCUT2D eigenvalue weighted by Gasteiger charge is 2.12. The van der Waals surface area contributed by atoms with Crippen molar-refractivity contribution in [2.45, 2.75) is 19.6 Å².